The van der Waals surface area contributed by atoms with Gasteiger partial charge in [0.15, 0.2) is 0 Å². The number of hydrogen-bond acceptors (Lipinski definition) is 1. The Morgan fingerprint density at radius 2 is 1.82 bits per heavy atom. The molecular formula is C8H18B2O. The van der Waals surface area contributed by atoms with E-state index in [4.69, 9.17) is 4.65 Å². The smallest absolute Gasteiger partial charge is 0.252 e. The molecule has 1 heterocycles. The minimum atomic E-state index is 0.0632. The van der Waals surface area contributed by atoms with Gasteiger partial charge in [-0.25, -0.2) is 0 Å². The molecule has 62 valence electrons. The second-order valence-corrected chi connectivity index (χ2v) is 4.75. The van der Waals surface area contributed by atoms with Gasteiger partial charge in [-0.05, 0) is 25.6 Å². The standard InChI is InChI=1S/C8H18B2O/c1-7(2)6-10(9-5)11-8(7,3)4/h9H,6H2,1-5H3. The molecule has 0 aromatic rings. The van der Waals surface area contributed by atoms with Crippen LogP contribution in [0.5, 0.6) is 0 Å². The Bertz CT molecular complexity index is 138. The van der Waals surface area contributed by atoms with E-state index in [0.717, 1.165) is 7.17 Å². The summed E-state index contributed by atoms with van der Waals surface area (Å²) in [6.45, 7) is 11.7. The van der Waals surface area contributed by atoms with E-state index < -0.39 is 0 Å². The van der Waals surface area contributed by atoms with Crippen LogP contribution in [0.1, 0.15) is 27.7 Å². The maximum Gasteiger partial charge on any atom is 0.252 e. The fourth-order valence-electron chi connectivity index (χ4n) is 1.66. The highest BCUT2D eigenvalue weighted by Crippen LogP contribution is 2.44. The Balaban J connectivity index is 2.72. The molecule has 0 atom stereocenters. The molecule has 0 N–H and O–H groups in total. The van der Waals surface area contributed by atoms with Crippen LogP contribution in [0.3, 0.4) is 0 Å². The van der Waals surface area contributed by atoms with Crippen molar-refractivity contribution >= 4 is 14.0 Å². The van der Waals surface area contributed by atoms with Crippen molar-refractivity contribution in [2.45, 2.75) is 46.4 Å². The van der Waals surface area contributed by atoms with Gasteiger partial charge in [0.2, 0.25) is 0 Å². The van der Waals surface area contributed by atoms with Gasteiger partial charge in [-0.2, -0.15) is 0 Å². The van der Waals surface area contributed by atoms with Gasteiger partial charge < -0.3 is 4.65 Å². The molecule has 11 heavy (non-hydrogen) atoms. The molecule has 1 fully saturated rings. The lowest BCUT2D eigenvalue weighted by Crippen LogP contribution is -2.34. The van der Waals surface area contributed by atoms with Crippen LogP contribution in [0.25, 0.3) is 0 Å². The predicted octanol–water partition coefficient (Wildman–Crippen LogP) is 1.79. The molecule has 1 aliphatic rings. The summed E-state index contributed by atoms with van der Waals surface area (Å²) in [7, 11) is 1.15. The average Bonchev–Trinajstić information content (AvgIpc) is 2.03. The van der Waals surface area contributed by atoms with Gasteiger partial charge >= 0.3 is 0 Å². The van der Waals surface area contributed by atoms with Gasteiger partial charge in [-0.3, -0.25) is 0 Å². The number of rotatable bonds is 1. The van der Waals surface area contributed by atoms with Crippen molar-refractivity contribution in [1.29, 1.82) is 0 Å². The Labute approximate surface area is 71.2 Å². The van der Waals surface area contributed by atoms with E-state index in [0.29, 0.717) is 12.2 Å². The zero-order chi connectivity index (χ0) is 8.70. The normalized spacial score (nSPS) is 27.2. The largest absolute Gasteiger partial charge is 0.439 e. The SMILES string of the molecule is CBB1CC(C)(C)C(C)(C)O1. The first-order valence-corrected chi connectivity index (χ1v) is 4.57. The van der Waals surface area contributed by atoms with Gasteiger partial charge in [0.25, 0.3) is 6.81 Å². The van der Waals surface area contributed by atoms with E-state index in [9.17, 15) is 0 Å². The summed E-state index contributed by atoms with van der Waals surface area (Å²) >= 11 is 0. The summed E-state index contributed by atoms with van der Waals surface area (Å²) in [5.74, 6) is 0. The Morgan fingerprint density at radius 3 is 2.00 bits per heavy atom. The van der Waals surface area contributed by atoms with Crippen LogP contribution in [-0.4, -0.2) is 19.6 Å². The molecule has 1 aliphatic heterocycles. The third-order valence-corrected chi connectivity index (χ3v) is 3.28. The second kappa shape index (κ2) is 2.55. The van der Waals surface area contributed by atoms with E-state index in [1.54, 1.807) is 0 Å². The molecule has 1 nitrogen and oxygen atoms in total. The van der Waals surface area contributed by atoms with Crippen LogP contribution < -0.4 is 0 Å². The van der Waals surface area contributed by atoms with Crippen LogP contribution in [0.4, 0.5) is 0 Å². The lowest BCUT2D eigenvalue weighted by atomic mass is 9.31. The van der Waals surface area contributed by atoms with E-state index in [2.05, 4.69) is 34.5 Å². The van der Waals surface area contributed by atoms with Crippen molar-refractivity contribution in [1.82, 2.24) is 0 Å². The molecule has 0 aromatic carbocycles. The molecule has 0 spiro atoms. The topological polar surface area (TPSA) is 9.23 Å². The summed E-state index contributed by atoms with van der Waals surface area (Å²) in [5.41, 5.74) is 0.404. The fourth-order valence-corrected chi connectivity index (χ4v) is 1.66. The summed E-state index contributed by atoms with van der Waals surface area (Å²) in [6.07, 6.45) is 1.20. The summed E-state index contributed by atoms with van der Waals surface area (Å²) in [4.78, 5) is 0. The van der Waals surface area contributed by atoms with Gasteiger partial charge in [0.05, 0.1) is 0 Å². The van der Waals surface area contributed by atoms with Gasteiger partial charge in [-0.15, -0.1) is 0 Å². The van der Waals surface area contributed by atoms with Crippen LogP contribution >= 0.6 is 0 Å². The van der Waals surface area contributed by atoms with Crippen molar-refractivity contribution < 1.29 is 4.65 Å². The lowest BCUT2D eigenvalue weighted by Gasteiger charge is -2.34. The quantitative estimate of drug-likeness (QED) is 0.520. The van der Waals surface area contributed by atoms with Crippen molar-refractivity contribution in [2.24, 2.45) is 5.41 Å². The maximum absolute atomic E-state index is 5.91. The molecule has 0 saturated carbocycles. The fraction of sp³-hybridized carbons (Fsp3) is 1.00. The lowest BCUT2D eigenvalue weighted by molar-refractivity contribution is 0.0382. The summed E-state index contributed by atoms with van der Waals surface area (Å²) in [5, 5.41) is 0. The van der Waals surface area contributed by atoms with Crippen LogP contribution in [0.15, 0.2) is 0 Å². The first-order chi connectivity index (χ1) is 4.89. The molecule has 1 saturated heterocycles. The molecule has 3 heteroatoms. The van der Waals surface area contributed by atoms with Crippen molar-refractivity contribution in [3.8, 4) is 0 Å². The van der Waals surface area contributed by atoms with Crippen molar-refractivity contribution in [3.05, 3.63) is 0 Å². The Hall–Kier alpha value is 0.0899. The monoisotopic (exact) mass is 152 g/mol. The molecule has 0 radical (unpaired) electrons. The van der Waals surface area contributed by atoms with Crippen LogP contribution in [0, 0.1) is 5.41 Å². The van der Waals surface area contributed by atoms with Crippen LogP contribution in [0.2, 0.25) is 13.1 Å². The summed E-state index contributed by atoms with van der Waals surface area (Å²) in [6, 6.07) is 0. The number of hydrogen-bond donors (Lipinski definition) is 0. The highest BCUT2D eigenvalue weighted by atomic mass is 16.5. The first kappa shape index (κ1) is 9.18. The van der Waals surface area contributed by atoms with E-state index in [1.807, 2.05) is 0 Å². The Kier molecular flexibility index (Phi) is 2.13. The minimum absolute atomic E-state index is 0.0632. The zero-order valence-corrected chi connectivity index (χ0v) is 8.40. The van der Waals surface area contributed by atoms with Gasteiger partial charge in [0.1, 0.15) is 7.17 Å². The van der Waals surface area contributed by atoms with Gasteiger partial charge in [0, 0.05) is 5.60 Å². The highest BCUT2D eigenvalue weighted by molar-refractivity contribution is 7.08. The minimum Gasteiger partial charge on any atom is -0.439 e. The molecule has 0 aliphatic carbocycles. The third kappa shape index (κ3) is 1.48. The van der Waals surface area contributed by atoms with Gasteiger partial charge in [-0.1, -0.05) is 20.7 Å². The van der Waals surface area contributed by atoms with E-state index >= 15 is 0 Å². The molecular weight excluding hydrogens is 134 g/mol. The van der Waals surface area contributed by atoms with E-state index in [1.165, 1.54) is 6.32 Å². The van der Waals surface area contributed by atoms with Crippen molar-refractivity contribution in [2.75, 3.05) is 0 Å². The first-order valence-electron chi connectivity index (χ1n) is 4.57. The molecule has 1 rings (SSSR count). The maximum atomic E-state index is 5.91. The predicted molar refractivity (Wildman–Crippen MR) is 52.5 cm³/mol. The van der Waals surface area contributed by atoms with Crippen molar-refractivity contribution in [3.63, 3.8) is 0 Å². The Morgan fingerprint density at radius 1 is 1.27 bits per heavy atom. The summed E-state index contributed by atoms with van der Waals surface area (Å²) < 4.78 is 5.91. The highest BCUT2D eigenvalue weighted by Gasteiger charge is 2.47. The molecule has 0 bridgehead atoms. The zero-order valence-electron chi connectivity index (χ0n) is 8.40. The molecule has 0 amide bonds. The second-order valence-electron chi connectivity index (χ2n) is 4.75. The van der Waals surface area contributed by atoms with Crippen LogP contribution in [-0.2, 0) is 4.65 Å². The third-order valence-electron chi connectivity index (χ3n) is 3.28. The molecule has 0 aromatic heterocycles. The molecule has 0 unspecified atom stereocenters. The average molecular weight is 152 g/mol. The van der Waals surface area contributed by atoms with E-state index in [-0.39, 0.29) is 5.60 Å².